The predicted molar refractivity (Wildman–Crippen MR) is 92.8 cm³/mol. The standard InChI is InChI=1S/C19H37NO/c1-4-6-7-8-11-14-18(20-17-5-2)19(21-3)15-12-9-10-13-16-19/h4,18,20H,1,5-17H2,2-3H3. The summed E-state index contributed by atoms with van der Waals surface area (Å²) in [6, 6.07) is 0.532. The molecule has 1 aliphatic rings. The van der Waals surface area contributed by atoms with E-state index in [2.05, 4.69) is 18.8 Å². The van der Waals surface area contributed by atoms with Crippen LogP contribution in [-0.4, -0.2) is 25.3 Å². The highest BCUT2D eigenvalue weighted by Crippen LogP contribution is 2.35. The molecule has 2 nitrogen and oxygen atoms in total. The van der Waals surface area contributed by atoms with Crippen molar-refractivity contribution in [3.63, 3.8) is 0 Å². The molecular weight excluding hydrogens is 258 g/mol. The predicted octanol–water partition coefficient (Wildman–Crippen LogP) is 5.23. The zero-order valence-corrected chi connectivity index (χ0v) is 14.5. The highest BCUT2D eigenvalue weighted by molar-refractivity contribution is 4.94. The number of ether oxygens (including phenoxy) is 1. The molecule has 1 aliphatic carbocycles. The molecule has 0 bridgehead atoms. The second kappa shape index (κ2) is 11.3. The smallest absolute Gasteiger partial charge is 0.0830 e. The van der Waals surface area contributed by atoms with Crippen molar-refractivity contribution in [3.8, 4) is 0 Å². The Morgan fingerprint density at radius 3 is 2.43 bits per heavy atom. The first-order valence-electron chi connectivity index (χ1n) is 9.18. The number of nitrogens with one attached hydrogen (secondary N) is 1. The first-order chi connectivity index (χ1) is 10.3. The summed E-state index contributed by atoms with van der Waals surface area (Å²) in [4.78, 5) is 0. The van der Waals surface area contributed by atoms with Gasteiger partial charge in [0.1, 0.15) is 0 Å². The fraction of sp³-hybridized carbons (Fsp3) is 0.895. The van der Waals surface area contributed by atoms with Crippen molar-refractivity contribution in [1.29, 1.82) is 0 Å². The van der Waals surface area contributed by atoms with E-state index in [0.29, 0.717) is 6.04 Å². The molecule has 0 aliphatic heterocycles. The van der Waals surface area contributed by atoms with Crippen molar-refractivity contribution in [3.05, 3.63) is 12.7 Å². The van der Waals surface area contributed by atoms with Gasteiger partial charge in [-0.1, -0.05) is 51.5 Å². The van der Waals surface area contributed by atoms with Gasteiger partial charge < -0.3 is 10.1 Å². The molecule has 1 rings (SSSR count). The van der Waals surface area contributed by atoms with Crippen LogP contribution in [0.5, 0.6) is 0 Å². The van der Waals surface area contributed by atoms with Crippen LogP contribution in [-0.2, 0) is 4.74 Å². The minimum absolute atomic E-state index is 0.0874. The molecule has 1 unspecified atom stereocenters. The molecule has 0 aromatic heterocycles. The lowest BCUT2D eigenvalue weighted by Crippen LogP contribution is -2.52. The van der Waals surface area contributed by atoms with E-state index in [0.717, 1.165) is 13.0 Å². The van der Waals surface area contributed by atoms with Crippen molar-refractivity contribution in [2.45, 2.75) is 95.6 Å². The summed E-state index contributed by atoms with van der Waals surface area (Å²) >= 11 is 0. The third-order valence-corrected chi connectivity index (χ3v) is 5.03. The van der Waals surface area contributed by atoms with E-state index in [1.807, 2.05) is 13.2 Å². The normalized spacial score (nSPS) is 19.9. The molecule has 1 fully saturated rings. The zero-order chi connectivity index (χ0) is 15.4. The number of methoxy groups -OCH3 is 1. The Labute approximate surface area is 132 Å². The largest absolute Gasteiger partial charge is 0.377 e. The van der Waals surface area contributed by atoms with Gasteiger partial charge in [0.15, 0.2) is 0 Å². The lowest BCUT2D eigenvalue weighted by atomic mass is 9.83. The van der Waals surface area contributed by atoms with E-state index in [1.54, 1.807) is 0 Å². The molecule has 2 heteroatoms. The second-order valence-electron chi connectivity index (χ2n) is 6.62. The van der Waals surface area contributed by atoms with Crippen LogP contribution in [0.4, 0.5) is 0 Å². The van der Waals surface area contributed by atoms with Gasteiger partial charge in [-0.3, -0.25) is 0 Å². The van der Waals surface area contributed by atoms with Crippen molar-refractivity contribution in [2.75, 3.05) is 13.7 Å². The Morgan fingerprint density at radius 2 is 1.86 bits per heavy atom. The molecular formula is C19H37NO. The van der Waals surface area contributed by atoms with E-state index >= 15 is 0 Å². The lowest BCUT2D eigenvalue weighted by Gasteiger charge is -2.40. The molecule has 1 saturated carbocycles. The van der Waals surface area contributed by atoms with Gasteiger partial charge in [-0.05, 0) is 45.1 Å². The third-order valence-electron chi connectivity index (χ3n) is 5.03. The fourth-order valence-electron chi connectivity index (χ4n) is 3.71. The van der Waals surface area contributed by atoms with Gasteiger partial charge in [0.05, 0.1) is 5.60 Å². The molecule has 1 N–H and O–H groups in total. The Kier molecular flexibility index (Phi) is 10.0. The molecule has 0 spiro atoms. The fourth-order valence-corrected chi connectivity index (χ4v) is 3.71. The van der Waals surface area contributed by atoms with E-state index in [-0.39, 0.29) is 5.60 Å². The number of hydrogen-bond donors (Lipinski definition) is 1. The minimum Gasteiger partial charge on any atom is -0.377 e. The molecule has 1 atom stereocenters. The number of hydrogen-bond acceptors (Lipinski definition) is 2. The van der Waals surface area contributed by atoms with Gasteiger partial charge in [0, 0.05) is 13.2 Å². The van der Waals surface area contributed by atoms with Crippen LogP contribution >= 0.6 is 0 Å². The van der Waals surface area contributed by atoms with Crippen LogP contribution < -0.4 is 5.32 Å². The van der Waals surface area contributed by atoms with Gasteiger partial charge in [-0.25, -0.2) is 0 Å². The van der Waals surface area contributed by atoms with Gasteiger partial charge in [-0.2, -0.15) is 0 Å². The van der Waals surface area contributed by atoms with Crippen LogP contribution in [0.3, 0.4) is 0 Å². The maximum atomic E-state index is 6.12. The summed E-state index contributed by atoms with van der Waals surface area (Å²) in [5, 5.41) is 3.80. The molecule has 21 heavy (non-hydrogen) atoms. The summed E-state index contributed by atoms with van der Waals surface area (Å²) < 4.78 is 6.12. The number of allylic oxidation sites excluding steroid dienone is 1. The van der Waals surface area contributed by atoms with E-state index in [4.69, 9.17) is 4.74 Å². The van der Waals surface area contributed by atoms with Crippen LogP contribution in [0, 0.1) is 0 Å². The number of unbranched alkanes of at least 4 members (excludes halogenated alkanes) is 3. The molecule has 0 heterocycles. The molecule has 124 valence electrons. The van der Waals surface area contributed by atoms with Gasteiger partial charge in [0.2, 0.25) is 0 Å². The average molecular weight is 296 g/mol. The van der Waals surface area contributed by atoms with Crippen LogP contribution in [0.2, 0.25) is 0 Å². The zero-order valence-electron chi connectivity index (χ0n) is 14.5. The Balaban J connectivity index is 2.56. The summed E-state index contributed by atoms with van der Waals surface area (Å²) in [5.41, 5.74) is 0.0874. The quantitative estimate of drug-likeness (QED) is 0.320. The van der Waals surface area contributed by atoms with Crippen molar-refractivity contribution in [1.82, 2.24) is 5.32 Å². The van der Waals surface area contributed by atoms with Gasteiger partial charge in [-0.15, -0.1) is 6.58 Å². The first-order valence-corrected chi connectivity index (χ1v) is 9.18. The summed E-state index contributed by atoms with van der Waals surface area (Å²) in [7, 11) is 1.93. The van der Waals surface area contributed by atoms with Crippen molar-refractivity contribution < 1.29 is 4.74 Å². The summed E-state index contributed by atoms with van der Waals surface area (Å²) in [6.45, 7) is 7.17. The van der Waals surface area contributed by atoms with Crippen LogP contribution in [0.1, 0.15) is 84.0 Å². The summed E-state index contributed by atoms with van der Waals surface area (Å²) in [5.74, 6) is 0. The molecule has 0 aromatic rings. The SMILES string of the molecule is C=CCCCCCC(NCCC)C1(OC)CCCCCC1. The molecule has 0 saturated heterocycles. The molecule has 0 amide bonds. The topological polar surface area (TPSA) is 21.3 Å². The third kappa shape index (κ3) is 6.52. The van der Waals surface area contributed by atoms with Crippen molar-refractivity contribution >= 4 is 0 Å². The maximum Gasteiger partial charge on any atom is 0.0830 e. The monoisotopic (exact) mass is 295 g/mol. The van der Waals surface area contributed by atoms with Gasteiger partial charge >= 0.3 is 0 Å². The van der Waals surface area contributed by atoms with E-state index in [1.165, 1.54) is 70.6 Å². The van der Waals surface area contributed by atoms with E-state index in [9.17, 15) is 0 Å². The van der Waals surface area contributed by atoms with Crippen LogP contribution in [0.25, 0.3) is 0 Å². The first kappa shape index (κ1) is 18.7. The average Bonchev–Trinajstić information content (AvgIpc) is 2.76. The second-order valence-corrected chi connectivity index (χ2v) is 6.62. The van der Waals surface area contributed by atoms with E-state index < -0.39 is 0 Å². The Bertz CT molecular complexity index is 256. The van der Waals surface area contributed by atoms with Crippen LogP contribution in [0.15, 0.2) is 12.7 Å². The minimum atomic E-state index is 0.0874. The number of rotatable bonds is 11. The maximum absolute atomic E-state index is 6.12. The highest BCUT2D eigenvalue weighted by Gasteiger charge is 2.38. The van der Waals surface area contributed by atoms with Gasteiger partial charge in [0.25, 0.3) is 0 Å². The summed E-state index contributed by atoms with van der Waals surface area (Å²) in [6.07, 6.45) is 17.4. The Hall–Kier alpha value is -0.340. The molecule has 0 radical (unpaired) electrons. The lowest BCUT2D eigenvalue weighted by molar-refractivity contribution is -0.0552. The molecule has 0 aromatic carbocycles. The highest BCUT2D eigenvalue weighted by atomic mass is 16.5. The van der Waals surface area contributed by atoms with Crippen molar-refractivity contribution in [2.24, 2.45) is 0 Å². The Morgan fingerprint density at radius 1 is 1.14 bits per heavy atom.